The Balaban J connectivity index is 0.000000417. The molecule has 0 aliphatic heterocycles. The number of amides is 1. The van der Waals surface area contributed by atoms with Gasteiger partial charge in [-0.05, 0) is 57.0 Å². The molecule has 3 aliphatic rings. The Morgan fingerprint density at radius 1 is 0.833 bits per heavy atom. The molecule has 12 nitrogen and oxygen atoms in total. The highest BCUT2D eigenvalue weighted by Gasteiger charge is 2.64. The molecular formula is C41H65MgN3O9. The molecule has 0 saturated heterocycles. The highest BCUT2D eigenvalue weighted by Crippen LogP contribution is 2.53. The summed E-state index contributed by atoms with van der Waals surface area (Å²) in [7, 11) is 6.75. The molecule has 4 rings (SSSR count). The van der Waals surface area contributed by atoms with Gasteiger partial charge >= 0.3 is 29.0 Å². The standard InChI is InChI=1S/C23H27N3O7.C18H36O2.Mg.2H/c1-25(2)12-5-6-13(27)15-10(12)7-9-8-11-17(26(3)4)19(29)16(22(24)32)21(31)23(11,33)20(30)14(9)18(15)28;1-2-3-4-5-6-7-8-9-10-11-12-13-14-15-16-17-18(19)20;;;/h5-6,9,11,17,27-28,31,33H,7-8H2,1-4H3,(H2,24,32);2-17H2,1H3,(H,19,20);;;/t9-,11-,17-,23-;;;;/m0..../s1. The summed E-state index contributed by atoms with van der Waals surface area (Å²) < 4.78 is 0. The van der Waals surface area contributed by atoms with Crippen molar-refractivity contribution in [3.63, 3.8) is 0 Å². The van der Waals surface area contributed by atoms with Crippen molar-refractivity contribution in [1.29, 1.82) is 0 Å². The van der Waals surface area contributed by atoms with Gasteiger partial charge < -0.3 is 36.2 Å². The molecule has 7 N–H and O–H groups in total. The van der Waals surface area contributed by atoms with Gasteiger partial charge in [0.2, 0.25) is 5.78 Å². The number of hydrogen-bond acceptors (Lipinski definition) is 10. The number of hydrogen-bond donors (Lipinski definition) is 6. The number of Topliss-reactive ketones (excluding diaryl/α,β-unsaturated/α-hetero) is 2. The van der Waals surface area contributed by atoms with Gasteiger partial charge in [-0.15, -0.1) is 0 Å². The van der Waals surface area contributed by atoms with E-state index < -0.39 is 64.0 Å². The molecule has 1 aromatic rings. The van der Waals surface area contributed by atoms with Crippen molar-refractivity contribution in [1.82, 2.24) is 4.90 Å². The van der Waals surface area contributed by atoms with E-state index in [1.54, 1.807) is 20.2 Å². The zero-order valence-corrected chi connectivity index (χ0v) is 32.5. The zero-order valence-electron chi connectivity index (χ0n) is 32.5. The lowest BCUT2D eigenvalue weighted by Crippen LogP contribution is -2.65. The number of phenolic OH excluding ortho intramolecular Hbond substituents is 1. The zero-order chi connectivity index (χ0) is 39.5. The largest absolute Gasteiger partial charge is 0.508 e. The van der Waals surface area contributed by atoms with Gasteiger partial charge in [0.25, 0.3) is 5.91 Å². The lowest BCUT2D eigenvalue weighted by molar-refractivity contribution is -0.153. The topological polar surface area (TPSA) is 202 Å². The smallest absolute Gasteiger partial charge is 0.316 e. The molecule has 1 aromatic carbocycles. The fraction of sp³-hybridized carbons (Fsp3) is 0.659. The first-order valence-corrected chi connectivity index (χ1v) is 19.5. The van der Waals surface area contributed by atoms with Crippen LogP contribution in [-0.4, -0.2) is 117 Å². The number of aromatic hydroxyl groups is 1. The number of benzene rings is 1. The van der Waals surface area contributed by atoms with E-state index in [0.29, 0.717) is 12.0 Å². The van der Waals surface area contributed by atoms with Crippen LogP contribution in [-0.2, 0) is 25.6 Å². The molecule has 0 unspecified atom stereocenters. The quantitative estimate of drug-likeness (QED) is 0.0594. The van der Waals surface area contributed by atoms with Crippen molar-refractivity contribution in [2.45, 2.75) is 134 Å². The summed E-state index contributed by atoms with van der Waals surface area (Å²) in [5.41, 5.74) is 3.15. The lowest BCUT2D eigenvalue weighted by atomic mass is 9.57. The van der Waals surface area contributed by atoms with Crippen LogP contribution in [0.25, 0.3) is 5.76 Å². The molecule has 0 radical (unpaired) electrons. The number of rotatable bonds is 19. The Kier molecular flexibility index (Phi) is 19.0. The molecule has 13 heteroatoms. The average molecular weight is 768 g/mol. The first-order chi connectivity index (χ1) is 25.1. The number of carboxylic acids is 1. The van der Waals surface area contributed by atoms with Crippen LogP contribution in [0.3, 0.4) is 0 Å². The molecule has 1 fully saturated rings. The van der Waals surface area contributed by atoms with Gasteiger partial charge in [0.15, 0.2) is 11.4 Å². The minimum Gasteiger partial charge on any atom is -0.508 e. The van der Waals surface area contributed by atoms with Crippen LogP contribution in [0.4, 0.5) is 5.69 Å². The summed E-state index contributed by atoms with van der Waals surface area (Å²) >= 11 is 0. The van der Waals surface area contributed by atoms with Crippen LogP contribution < -0.4 is 10.6 Å². The van der Waals surface area contributed by atoms with Gasteiger partial charge in [0, 0.05) is 37.7 Å². The number of primary amides is 1. The first kappa shape index (κ1) is 47.0. The minimum absolute atomic E-state index is 0. The van der Waals surface area contributed by atoms with Gasteiger partial charge in [0.05, 0.1) is 11.6 Å². The van der Waals surface area contributed by atoms with Gasteiger partial charge in [0.1, 0.15) is 22.8 Å². The molecule has 0 aromatic heterocycles. The maximum absolute atomic E-state index is 13.7. The summed E-state index contributed by atoms with van der Waals surface area (Å²) in [6.07, 6.45) is 20.5. The predicted octanol–water partition coefficient (Wildman–Crippen LogP) is 5.45. The summed E-state index contributed by atoms with van der Waals surface area (Å²) in [6, 6.07) is 2.01. The molecular weight excluding hydrogens is 703 g/mol. The number of carbonyl (C=O) groups is 4. The monoisotopic (exact) mass is 767 g/mol. The van der Waals surface area contributed by atoms with Crippen molar-refractivity contribution >= 4 is 57.9 Å². The summed E-state index contributed by atoms with van der Waals surface area (Å²) in [5, 5.41) is 52.4. The summed E-state index contributed by atoms with van der Waals surface area (Å²) in [6.45, 7) is 2.27. The molecule has 1 saturated carbocycles. The number of anilines is 1. The van der Waals surface area contributed by atoms with E-state index in [9.17, 15) is 39.6 Å². The molecule has 3 aliphatic carbocycles. The maximum atomic E-state index is 13.7. The first-order valence-electron chi connectivity index (χ1n) is 19.5. The van der Waals surface area contributed by atoms with Crippen molar-refractivity contribution in [2.24, 2.45) is 17.6 Å². The Morgan fingerprint density at radius 3 is 1.78 bits per heavy atom. The Morgan fingerprint density at radius 2 is 1.33 bits per heavy atom. The van der Waals surface area contributed by atoms with Crippen LogP contribution in [0.5, 0.6) is 5.75 Å². The highest BCUT2D eigenvalue weighted by molar-refractivity contribution is 6.24. The number of nitrogens with zero attached hydrogens (tertiary/aromatic N) is 2. The number of fused-ring (bicyclic) bond motifs is 3. The molecule has 300 valence electrons. The van der Waals surface area contributed by atoms with E-state index in [0.717, 1.165) is 18.5 Å². The SMILES string of the molecule is CCCCCCCCCCCCCCCCCC(=O)O.CN(C)c1ccc(O)c2c1C[C@H]1C[C@H]3[C@H](N(C)C)C(=O)C(C(N)=O)=C(O)[C@@]3(O)C(=O)C1=C2O.[MgH2]. The second kappa shape index (κ2) is 21.8. The van der Waals surface area contributed by atoms with E-state index >= 15 is 0 Å². The highest BCUT2D eigenvalue weighted by atomic mass is 24.3. The number of carbonyl (C=O) groups excluding carboxylic acids is 3. The molecule has 0 spiro atoms. The summed E-state index contributed by atoms with van der Waals surface area (Å²) in [5.74, 6) is -7.19. The van der Waals surface area contributed by atoms with Gasteiger partial charge in [-0.3, -0.25) is 24.1 Å². The van der Waals surface area contributed by atoms with Crippen LogP contribution in [0, 0.1) is 11.8 Å². The minimum atomic E-state index is -2.63. The number of nitrogens with two attached hydrogens (primary N) is 1. The van der Waals surface area contributed by atoms with Gasteiger partial charge in [-0.2, -0.15) is 0 Å². The number of unbranched alkanes of at least 4 members (excludes halogenated alkanes) is 14. The average Bonchev–Trinajstić information content (AvgIpc) is 3.08. The van der Waals surface area contributed by atoms with Crippen LogP contribution in [0.2, 0.25) is 0 Å². The fourth-order valence-corrected chi connectivity index (χ4v) is 8.29. The molecule has 4 atom stereocenters. The van der Waals surface area contributed by atoms with E-state index in [2.05, 4.69) is 6.92 Å². The number of carboxylic acid groups (broad SMARTS) is 1. The Bertz CT molecular complexity index is 1540. The third-order valence-electron chi connectivity index (χ3n) is 11.1. The van der Waals surface area contributed by atoms with Crippen molar-refractivity contribution < 1.29 is 44.7 Å². The molecule has 1 amide bonds. The predicted molar refractivity (Wildman–Crippen MR) is 214 cm³/mol. The third-order valence-corrected chi connectivity index (χ3v) is 11.1. The summed E-state index contributed by atoms with van der Waals surface area (Å²) in [4.78, 5) is 52.3. The number of aliphatic hydroxyl groups is 3. The molecule has 54 heavy (non-hydrogen) atoms. The van der Waals surface area contributed by atoms with Crippen molar-refractivity contribution in [3.8, 4) is 5.75 Å². The van der Waals surface area contributed by atoms with Crippen LogP contribution in [0.1, 0.15) is 127 Å². The van der Waals surface area contributed by atoms with E-state index in [4.69, 9.17) is 10.8 Å². The van der Waals surface area contributed by atoms with E-state index in [1.165, 1.54) is 94.4 Å². The van der Waals surface area contributed by atoms with E-state index in [-0.39, 0.29) is 52.8 Å². The van der Waals surface area contributed by atoms with E-state index in [1.807, 2.05) is 19.0 Å². The van der Waals surface area contributed by atoms with Crippen LogP contribution >= 0.6 is 0 Å². The number of aliphatic hydroxyl groups excluding tert-OH is 2. The number of ketones is 2. The Hall–Kier alpha value is -3.13. The van der Waals surface area contributed by atoms with Crippen LogP contribution in [0.15, 0.2) is 29.0 Å². The maximum Gasteiger partial charge on any atom is 0.316 e. The fourth-order valence-electron chi connectivity index (χ4n) is 8.29. The number of phenols is 1. The second-order valence-electron chi connectivity index (χ2n) is 15.4. The molecule has 0 bridgehead atoms. The number of aliphatic carboxylic acids is 1. The second-order valence-corrected chi connectivity index (χ2v) is 15.4. The van der Waals surface area contributed by atoms with Gasteiger partial charge in [-0.1, -0.05) is 96.8 Å². The number of likely N-dealkylation sites (N-methyl/N-ethyl adjacent to an activating group) is 1. The van der Waals surface area contributed by atoms with Gasteiger partial charge in [-0.25, -0.2) is 0 Å². The third kappa shape index (κ3) is 11.0. The lowest BCUT2D eigenvalue weighted by Gasteiger charge is -2.50. The van der Waals surface area contributed by atoms with Crippen molar-refractivity contribution in [3.05, 3.63) is 40.2 Å². The normalized spacial score (nSPS) is 21.8. The molecule has 0 heterocycles. The van der Waals surface area contributed by atoms with Crippen molar-refractivity contribution in [2.75, 3.05) is 33.1 Å². The Labute approximate surface area is 337 Å².